The number of benzene rings is 3. The van der Waals surface area contributed by atoms with Crippen LogP contribution in [0.1, 0.15) is 34.7 Å². The Kier molecular flexibility index (Phi) is 5.41. The van der Waals surface area contributed by atoms with Gasteiger partial charge in [-0.15, -0.1) is 0 Å². The second-order valence-corrected chi connectivity index (χ2v) is 6.71. The van der Waals surface area contributed by atoms with Crippen molar-refractivity contribution in [3.05, 3.63) is 70.0 Å². The molecule has 3 aromatic rings. The van der Waals surface area contributed by atoms with Crippen LogP contribution in [0.25, 0.3) is 21.9 Å². The Morgan fingerprint density at radius 2 is 1.39 bits per heavy atom. The van der Waals surface area contributed by atoms with E-state index in [1.165, 1.54) is 12.1 Å². The van der Waals surface area contributed by atoms with Crippen LogP contribution in [0.5, 0.6) is 0 Å². The molecule has 3 aromatic carbocycles. The second-order valence-electron chi connectivity index (χ2n) is 6.71. The Morgan fingerprint density at radius 1 is 0.806 bits per heavy atom. The van der Waals surface area contributed by atoms with Crippen LogP contribution in [0.2, 0.25) is 0 Å². The number of hydrogen-bond acceptors (Lipinski definition) is 2. The Hall–Kier alpha value is -3.59. The first-order valence-corrected chi connectivity index (χ1v) is 8.79. The third-order valence-electron chi connectivity index (χ3n) is 4.80. The first kappa shape index (κ1) is 22.1. The van der Waals surface area contributed by atoms with Crippen LogP contribution < -0.4 is 0 Å². The standard InChI is InChI=1S/C22H11F7N2/c1-2-11-6-17-12(7-19(11)23)3-14(9-30)18(10-31)20(17)13-4-15(21(24,25)26)8-16(5-13)22(27,28)29/h3-8H,2H2,1H3. The monoisotopic (exact) mass is 436 g/mol. The van der Waals surface area contributed by atoms with Crippen LogP contribution in [0.3, 0.4) is 0 Å². The summed E-state index contributed by atoms with van der Waals surface area (Å²) in [5.41, 5.74) is -4.48. The third-order valence-corrected chi connectivity index (χ3v) is 4.80. The highest BCUT2D eigenvalue weighted by Crippen LogP contribution is 2.42. The molecule has 0 spiro atoms. The van der Waals surface area contributed by atoms with Crippen molar-refractivity contribution in [2.75, 3.05) is 0 Å². The number of rotatable bonds is 2. The van der Waals surface area contributed by atoms with Gasteiger partial charge in [0.2, 0.25) is 0 Å². The molecule has 0 atom stereocenters. The molecule has 0 aromatic heterocycles. The molecule has 9 heteroatoms. The van der Waals surface area contributed by atoms with E-state index in [0.29, 0.717) is 12.1 Å². The largest absolute Gasteiger partial charge is 0.416 e. The Morgan fingerprint density at radius 3 is 1.84 bits per heavy atom. The van der Waals surface area contributed by atoms with Crippen molar-refractivity contribution in [1.29, 1.82) is 10.5 Å². The number of alkyl halides is 6. The summed E-state index contributed by atoms with van der Waals surface area (Å²) in [6.07, 6.45) is -9.99. The molecule has 0 aliphatic heterocycles. The molecule has 31 heavy (non-hydrogen) atoms. The molecule has 0 saturated carbocycles. The lowest BCUT2D eigenvalue weighted by molar-refractivity contribution is -0.143. The molecule has 0 radical (unpaired) electrons. The van der Waals surface area contributed by atoms with Gasteiger partial charge in [0.1, 0.15) is 18.0 Å². The SMILES string of the molecule is CCc1cc2c(-c3cc(C(F)(F)F)cc(C(F)(F)F)c3)c(C#N)c(C#N)cc2cc1F. The third kappa shape index (κ3) is 4.04. The minimum atomic E-state index is -5.09. The molecule has 0 aliphatic carbocycles. The van der Waals surface area contributed by atoms with Gasteiger partial charge < -0.3 is 0 Å². The predicted octanol–water partition coefficient (Wildman–Crippen LogP) is 6.99. The van der Waals surface area contributed by atoms with Gasteiger partial charge in [0.25, 0.3) is 0 Å². The highest BCUT2D eigenvalue weighted by atomic mass is 19.4. The molecule has 0 aliphatic rings. The minimum absolute atomic E-state index is 0.0248. The predicted molar refractivity (Wildman–Crippen MR) is 98.2 cm³/mol. The maximum atomic E-state index is 14.3. The van der Waals surface area contributed by atoms with E-state index in [-0.39, 0.29) is 39.9 Å². The number of halogens is 7. The fourth-order valence-electron chi connectivity index (χ4n) is 3.34. The summed E-state index contributed by atoms with van der Waals surface area (Å²) in [5, 5.41) is 19.1. The Balaban J connectivity index is 2.55. The van der Waals surface area contributed by atoms with Gasteiger partial charge in [-0.3, -0.25) is 0 Å². The molecular weight excluding hydrogens is 425 g/mol. The van der Waals surface area contributed by atoms with Crippen molar-refractivity contribution in [2.24, 2.45) is 0 Å². The molecule has 0 unspecified atom stereocenters. The first-order valence-electron chi connectivity index (χ1n) is 8.79. The summed E-state index contributed by atoms with van der Waals surface area (Å²) in [7, 11) is 0. The number of fused-ring (bicyclic) bond motifs is 1. The Bertz CT molecular complexity index is 1240. The van der Waals surface area contributed by atoms with Gasteiger partial charge in [-0.1, -0.05) is 6.92 Å². The summed E-state index contributed by atoms with van der Waals surface area (Å²) < 4.78 is 94.3. The van der Waals surface area contributed by atoms with Crippen molar-refractivity contribution in [3.8, 4) is 23.3 Å². The van der Waals surface area contributed by atoms with E-state index in [1.54, 1.807) is 19.1 Å². The molecule has 0 saturated heterocycles. The maximum Gasteiger partial charge on any atom is 0.416 e. The first-order chi connectivity index (χ1) is 14.4. The van der Waals surface area contributed by atoms with Crippen molar-refractivity contribution < 1.29 is 30.7 Å². The van der Waals surface area contributed by atoms with E-state index in [0.717, 1.165) is 6.07 Å². The minimum Gasteiger partial charge on any atom is -0.207 e. The second kappa shape index (κ2) is 7.59. The van der Waals surface area contributed by atoms with Crippen molar-refractivity contribution >= 4 is 10.8 Å². The van der Waals surface area contributed by atoms with Gasteiger partial charge >= 0.3 is 12.4 Å². The van der Waals surface area contributed by atoms with Crippen molar-refractivity contribution in [3.63, 3.8) is 0 Å². The number of nitriles is 2. The fourth-order valence-corrected chi connectivity index (χ4v) is 3.34. The zero-order chi connectivity index (χ0) is 23.1. The van der Waals surface area contributed by atoms with Gasteiger partial charge in [-0.2, -0.15) is 36.9 Å². The zero-order valence-electron chi connectivity index (χ0n) is 15.7. The smallest absolute Gasteiger partial charge is 0.207 e. The lowest BCUT2D eigenvalue weighted by Gasteiger charge is -2.17. The average Bonchev–Trinajstić information content (AvgIpc) is 2.70. The fraction of sp³-hybridized carbons (Fsp3) is 0.182. The van der Waals surface area contributed by atoms with E-state index in [4.69, 9.17) is 0 Å². The van der Waals surface area contributed by atoms with Gasteiger partial charge in [0.15, 0.2) is 0 Å². The van der Waals surface area contributed by atoms with E-state index < -0.39 is 40.4 Å². The topological polar surface area (TPSA) is 47.6 Å². The van der Waals surface area contributed by atoms with Crippen molar-refractivity contribution in [2.45, 2.75) is 25.7 Å². The van der Waals surface area contributed by atoms with Crippen LogP contribution in [0.15, 0.2) is 36.4 Å². The van der Waals surface area contributed by atoms with Gasteiger partial charge in [-0.25, -0.2) is 4.39 Å². The number of hydrogen-bond donors (Lipinski definition) is 0. The molecule has 0 bridgehead atoms. The van der Waals surface area contributed by atoms with Gasteiger partial charge in [-0.05, 0) is 64.7 Å². The van der Waals surface area contributed by atoms with E-state index >= 15 is 0 Å². The van der Waals surface area contributed by atoms with Crippen LogP contribution in [-0.4, -0.2) is 0 Å². The highest BCUT2D eigenvalue weighted by molar-refractivity contribution is 6.01. The summed E-state index contributed by atoms with van der Waals surface area (Å²) in [5.74, 6) is -0.644. The molecule has 158 valence electrons. The number of aryl methyl sites for hydroxylation is 1. The molecule has 0 heterocycles. The van der Waals surface area contributed by atoms with E-state index in [1.807, 2.05) is 0 Å². The van der Waals surface area contributed by atoms with Crippen LogP contribution in [-0.2, 0) is 18.8 Å². The quantitative estimate of drug-likeness (QED) is 0.407. The van der Waals surface area contributed by atoms with E-state index in [9.17, 15) is 41.3 Å². The van der Waals surface area contributed by atoms with Crippen LogP contribution in [0, 0.1) is 28.5 Å². The Labute approximate surface area is 171 Å². The highest BCUT2D eigenvalue weighted by Gasteiger charge is 2.37. The van der Waals surface area contributed by atoms with Gasteiger partial charge in [0.05, 0.1) is 22.3 Å². The molecule has 2 nitrogen and oxygen atoms in total. The molecule has 0 N–H and O–H groups in total. The normalized spacial score (nSPS) is 11.9. The molecular formula is C22H11F7N2. The molecule has 3 rings (SSSR count). The zero-order valence-corrected chi connectivity index (χ0v) is 15.7. The number of nitrogens with zero attached hydrogens (tertiary/aromatic N) is 2. The lowest BCUT2D eigenvalue weighted by atomic mass is 9.88. The molecule has 0 fully saturated rings. The maximum absolute atomic E-state index is 14.3. The van der Waals surface area contributed by atoms with E-state index in [2.05, 4.69) is 0 Å². The average molecular weight is 436 g/mol. The van der Waals surface area contributed by atoms with Gasteiger partial charge in [0, 0.05) is 5.56 Å². The molecule has 0 amide bonds. The van der Waals surface area contributed by atoms with Crippen LogP contribution in [0.4, 0.5) is 30.7 Å². The summed E-state index contributed by atoms with van der Waals surface area (Å²) in [4.78, 5) is 0. The summed E-state index contributed by atoms with van der Waals surface area (Å²) in [6, 6.07) is 7.83. The lowest BCUT2D eigenvalue weighted by Crippen LogP contribution is -2.11. The van der Waals surface area contributed by atoms with Crippen molar-refractivity contribution in [1.82, 2.24) is 0 Å². The van der Waals surface area contributed by atoms with Crippen LogP contribution >= 0.6 is 0 Å². The summed E-state index contributed by atoms with van der Waals surface area (Å²) >= 11 is 0. The summed E-state index contributed by atoms with van der Waals surface area (Å²) in [6.45, 7) is 1.62.